The Labute approximate surface area is 246 Å². The maximum absolute atomic E-state index is 11.2. The Bertz CT molecular complexity index is 1520. The van der Waals surface area contributed by atoms with Crippen molar-refractivity contribution in [2.45, 2.75) is 50.8 Å². The Hall–Kier alpha value is -2.30. The van der Waals surface area contributed by atoms with Gasteiger partial charge in [0.25, 0.3) is 20.2 Å². The molecule has 0 amide bonds. The van der Waals surface area contributed by atoms with Gasteiger partial charge in [0, 0.05) is 47.8 Å². The van der Waals surface area contributed by atoms with Crippen LogP contribution in [0.15, 0.2) is 47.4 Å². The zero-order valence-electron chi connectivity index (χ0n) is 23.5. The molecule has 1 aliphatic rings. The summed E-state index contributed by atoms with van der Waals surface area (Å²) in [4.78, 5) is 2.61. The van der Waals surface area contributed by atoms with Crippen LogP contribution in [0.3, 0.4) is 0 Å². The molecule has 0 spiro atoms. The van der Waals surface area contributed by atoms with Crippen molar-refractivity contribution in [2.24, 2.45) is 0 Å². The Morgan fingerprint density at radius 1 is 1.00 bits per heavy atom. The SMILES string of the molecule is CCN(CCS(=O)(=O)O)c1ccc(C=CC2=[N+](CCCCS(=O)(=O)O)c3ccc(SOOO)cc3C2(C)C)c(C)c1. The zero-order valence-corrected chi connectivity index (χ0v) is 25.9. The van der Waals surface area contributed by atoms with Crippen LogP contribution in [0.25, 0.3) is 6.08 Å². The molecule has 226 valence electrons. The quantitative estimate of drug-likeness (QED) is 0.0616. The van der Waals surface area contributed by atoms with Crippen molar-refractivity contribution in [3.63, 3.8) is 0 Å². The number of allylic oxidation sites excluding steroid dienone is 1. The summed E-state index contributed by atoms with van der Waals surface area (Å²) in [5.41, 5.74) is 5.34. The van der Waals surface area contributed by atoms with Gasteiger partial charge in [0.1, 0.15) is 6.54 Å². The molecule has 0 radical (unpaired) electrons. The van der Waals surface area contributed by atoms with E-state index in [9.17, 15) is 16.8 Å². The van der Waals surface area contributed by atoms with E-state index in [1.807, 2.05) is 67.3 Å². The topological polar surface area (TPSA) is 154 Å². The van der Waals surface area contributed by atoms with Gasteiger partial charge in [-0.05, 0) is 75.6 Å². The molecule has 14 heteroatoms. The lowest BCUT2D eigenvalue weighted by Gasteiger charge is -2.23. The van der Waals surface area contributed by atoms with Crippen molar-refractivity contribution in [1.82, 2.24) is 0 Å². The number of fused-ring (bicyclic) bond motifs is 1. The highest BCUT2D eigenvalue weighted by Crippen LogP contribution is 2.42. The normalized spacial score (nSPS) is 15.1. The van der Waals surface area contributed by atoms with Crippen molar-refractivity contribution in [3.05, 3.63) is 59.2 Å². The highest BCUT2D eigenvalue weighted by Gasteiger charge is 2.44. The molecular formula is C27H37N2O9S3+. The number of hydrogen-bond acceptors (Lipinski definition) is 9. The van der Waals surface area contributed by atoms with E-state index in [2.05, 4.69) is 27.8 Å². The van der Waals surface area contributed by atoms with Gasteiger partial charge in [-0.15, -0.1) is 4.33 Å². The van der Waals surface area contributed by atoms with Gasteiger partial charge in [-0.2, -0.15) is 21.4 Å². The second-order valence-electron chi connectivity index (χ2n) is 10.3. The molecule has 3 rings (SSSR count). The lowest BCUT2D eigenvalue weighted by Crippen LogP contribution is -2.29. The molecule has 1 aliphatic heterocycles. The van der Waals surface area contributed by atoms with E-state index in [4.69, 9.17) is 14.4 Å². The molecule has 0 fully saturated rings. The fourth-order valence-electron chi connectivity index (χ4n) is 4.96. The second-order valence-corrected chi connectivity index (χ2v) is 14.2. The van der Waals surface area contributed by atoms with Gasteiger partial charge in [0.2, 0.25) is 5.69 Å². The van der Waals surface area contributed by atoms with Crippen molar-refractivity contribution in [2.75, 3.05) is 36.0 Å². The number of rotatable bonds is 15. The number of aryl methyl sites for hydroxylation is 1. The summed E-state index contributed by atoms with van der Waals surface area (Å²) in [6.07, 6.45) is 4.90. The molecule has 0 aromatic heterocycles. The Morgan fingerprint density at radius 2 is 1.71 bits per heavy atom. The standard InChI is InChI=1S/C27H36N2O9S3/c1-5-28(15-17-41(34,35)36)22-10-8-21(20(2)18-22)9-13-26-27(3,4)24-19-23(39-38-37-30)11-12-25(24)29(26)14-6-7-16-40(31,32)33/h8-13,18-19H,5-7,14-17H2,1-4H3,(H2-,30,31,32,33,34,35,36)/p+1. The molecule has 0 aliphatic carbocycles. The summed E-state index contributed by atoms with van der Waals surface area (Å²) in [7, 11) is -8.10. The van der Waals surface area contributed by atoms with Gasteiger partial charge in [-0.25, -0.2) is 5.26 Å². The molecule has 0 saturated heterocycles. The van der Waals surface area contributed by atoms with Crippen LogP contribution in [-0.4, -0.2) is 72.6 Å². The number of benzene rings is 2. The van der Waals surface area contributed by atoms with Crippen LogP contribution in [0.1, 0.15) is 50.3 Å². The van der Waals surface area contributed by atoms with Crippen LogP contribution in [0.4, 0.5) is 11.4 Å². The maximum Gasteiger partial charge on any atom is 0.266 e. The van der Waals surface area contributed by atoms with Crippen LogP contribution >= 0.6 is 12.0 Å². The first-order chi connectivity index (χ1) is 19.2. The van der Waals surface area contributed by atoms with Crippen molar-refractivity contribution in [1.29, 1.82) is 0 Å². The van der Waals surface area contributed by atoms with Gasteiger partial charge in [-0.1, -0.05) is 11.1 Å². The minimum Gasteiger partial charge on any atom is -0.371 e. The first-order valence-corrected chi connectivity index (χ1v) is 17.0. The Balaban J connectivity index is 1.93. The highest BCUT2D eigenvalue weighted by atomic mass is 32.2. The summed E-state index contributed by atoms with van der Waals surface area (Å²) >= 11 is 0.872. The average Bonchev–Trinajstić information content (AvgIpc) is 3.09. The van der Waals surface area contributed by atoms with Crippen LogP contribution < -0.4 is 4.90 Å². The molecule has 2 aromatic rings. The lowest BCUT2D eigenvalue weighted by molar-refractivity contribution is -0.438. The van der Waals surface area contributed by atoms with Gasteiger partial charge in [0.05, 0.1) is 29.0 Å². The minimum absolute atomic E-state index is 0.177. The number of unbranched alkanes of at least 4 members (excludes halogenated alkanes) is 1. The van der Waals surface area contributed by atoms with Gasteiger partial charge >= 0.3 is 0 Å². The fourth-order valence-corrected chi connectivity index (χ4v) is 6.38. The molecule has 3 N–H and O–H groups in total. The first kappa shape index (κ1) is 33.2. The molecule has 41 heavy (non-hydrogen) atoms. The monoisotopic (exact) mass is 629 g/mol. The third-order valence-corrected chi connectivity index (χ3v) is 9.18. The smallest absolute Gasteiger partial charge is 0.266 e. The molecule has 0 unspecified atom stereocenters. The summed E-state index contributed by atoms with van der Waals surface area (Å²) in [5, 5.41) is 12.3. The third-order valence-electron chi connectivity index (χ3n) is 7.10. The largest absolute Gasteiger partial charge is 0.371 e. The van der Waals surface area contributed by atoms with Crippen LogP contribution in [0, 0.1) is 6.92 Å². The van der Waals surface area contributed by atoms with E-state index in [-0.39, 0.29) is 18.1 Å². The molecule has 0 atom stereocenters. The molecule has 0 bridgehead atoms. The van der Waals surface area contributed by atoms with Gasteiger partial charge < -0.3 is 4.90 Å². The minimum atomic E-state index is -4.06. The average molecular weight is 630 g/mol. The molecule has 1 heterocycles. The van der Waals surface area contributed by atoms with Crippen LogP contribution in [0.5, 0.6) is 0 Å². The van der Waals surface area contributed by atoms with Gasteiger partial charge in [0.15, 0.2) is 5.71 Å². The molecule has 0 saturated carbocycles. The number of nitrogens with zero attached hydrogens (tertiary/aromatic N) is 2. The van der Waals surface area contributed by atoms with Crippen molar-refractivity contribution in [3.8, 4) is 0 Å². The molecule has 2 aromatic carbocycles. The number of anilines is 1. The lowest BCUT2D eigenvalue weighted by atomic mass is 9.81. The first-order valence-electron chi connectivity index (χ1n) is 13.0. The maximum atomic E-state index is 11.2. The summed E-state index contributed by atoms with van der Waals surface area (Å²) < 4.78 is 69.9. The number of hydrogen-bond donors (Lipinski definition) is 3. The van der Waals surface area contributed by atoms with Crippen molar-refractivity contribution >= 4 is 55.4 Å². The predicted octanol–water partition coefficient (Wildman–Crippen LogP) is 4.90. The molecule has 11 nitrogen and oxygen atoms in total. The fraction of sp³-hybridized carbons (Fsp3) is 0.444. The van der Waals surface area contributed by atoms with E-state index < -0.39 is 25.7 Å². The van der Waals surface area contributed by atoms with Crippen LogP contribution in [-0.2, 0) is 35.0 Å². The van der Waals surface area contributed by atoms with Gasteiger partial charge in [-0.3, -0.25) is 9.11 Å². The van der Waals surface area contributed by atoms with E-state index >= 15 is 0 Å². The van der Waals surface area contributed by atoms with E-state index in [0.29, 0.717) is 25.9 Å². The highest BCUT2D eigenvalue weighted by molar-refractivity contribution is 7.94. The van der Waals surface area contributed by atoms with Crippen molar-refractivity contribution < 1.29 is 45.1 Å². The Kier molecular flexibility index (Phi) is 11.2. The predicted molar refractivity (Wildman–Crippen MR) is 160 cm³/mol. The van der Waals surface area contributed by atoms with E-state index in [0.717, 1.165) is 50.7 Å². The van der Waals surface area contributed by atoms with E-state index in [1.165, 1.54) is 0 Å². The second kappa shape index (κ2) is 13.8. The van der Waals surface area contributed by atoms with Crippen LogP contribution in [0.2, 0.25) is 0 Å². The van der Waals surface area contributed by atoms with E-state index in [1.54, 1.807) is 0 Å². The summed E-state index contributed by atoms with van der Waals surface area (Å²) in [6.45, 7) is 9.36. The summed E-state index contributed by atoms with van der Waals surface area (Å²) in [6, 6.07) is 11.6. The Morgan fingerprint density at radius 3 is 2.32 bits per heavy atom. The zero-order chi connectivity index (χ0) is 30.4. The summed E-state index contributed by atoms with van der Waals surface area (Å²) in [5.74, 6) is -0.657. The molecular weight excluding hydrogens is 593 g/mol. The third kappa shape index (κ3) is 9.09.